The Morgan fingerprint density at radius 1 is 0.613 bits per heavy atom. The van der Waals surface area contributed by atoms with Gasteiger partial charge in [-0.1, -0.05) is 78.5 Å². The minimum Gasteiger partial charge on any atom is -0.497 e. The number of hydrogen-bond donors (Lipinski definition) is 0. The van der Waals surface area contributed by atoms with Crippen LogP contribution in [0.1, 0.15) is 38.2 Å². The van der Waals surface area contributed by atoms with E-state index in [1.54, 1.807) is 14.2 Å². The minimum atomic E-state index is 0.894. The molecule has 4 rings (SSSR count). The highest BCUT2D eigenvalue weighted by molar-refractivity contribution is 9.10. The van der Waals surface area contributed by atoms with Gasteiger partial charge < -0.3 is 9.47 Å². The van der Waals surface area contributed by atoms with E-state index in [1.165, 1.54) is 59.2 Å². The molecule has 0 radical (unpaired) electrons. The van der Waals surface area contributed by atoms with Crippen LogP contribution in [0.25, 0.3) is 21.5 Å². The lowest BCUT2D eigenvalue weighted by Crippen LogP contribution is -1.87. The summed E-state index contributed by atoms with van der Waals surface area (Å²) in [4.78, 5) is 0. The predicted molar refractivity (Wildman–Crippen MR) is 137 cm³/mol. The Morgan fingerprint density at radius 3 is 1.81 bits per heavy atom. The van der Waals surface area contributed by atoms with Crippen molar-refractivity contribution >= 4 is 37.5 Å². The summed E-state index contributed by atoms with van der Waals surface area (Å²) in [5.41, 5.74) is 1.44. The van der Waals surface area contributed by atoms with E-state index in [0.717, 1.165) is 16.0 Å². The van der Waals surface area contributed by atoms with Crippen molar-refractivity contribution in [2.75, 3.05) is 14.2 Å². The van der Waals surface area contributed by atoms with Gasteiger partial charge in [-0.15, -0.1) is 0 Å². The third kappa shape index (κ3) is 6.73. The molecule has 0 aliphatic heterocycles. The zero-order chi connectivity index (χ0) is 22.1. The molecule has 31 heavy (non-hydrogen) atoms. The molecule has 4 aromatic carbocycles. The summed E-state index contributed by atoms with van der Waals surface area (Å²) < 4.78 is 11.5. The van der Waals surface area contributed by atoms with Crippen LogP contribution >= 0.6 is 15.9 Å². The van der Waals surface area contributed by atoms with Crippen LogP contribution in [0, 0.1) is 0 Å². The number of rotatable bonds is 7. The van der Waals surface area contributed by atoms with Crippen LogP contribution in [0.2, 0.25) is 0 Å². The second-order valence-corrected chi connectivity index (χ2v) is 8.63. The van der Waals surface area contributed by atoms with E-state index in [9.17, 15) is 0 Å². The summed E-state index contributed by atoms with van der Waals surface area (Å²) in [6, 6.07) is 25.3. The Kier molecular flexibility index (Phi) is 8.78. The summed E-state index contributed by atoms with van der Waals surface area (Å²) >= 11 is 3.44. The van der Waals surface area contributed by atoms with Gasteiger partial charge in [0.1, 0.15) is 11.5 Å². The van der Waals surface area contributed by atoms with Crippen LogP contribution in [0.15, 0.2) is 77.3 Å². The molecule has 0 unspecified atom stereocenters. The number of ether oxygens (including phenoxy) is 2. The van der Waals surface area contributed by atoms with Crippen LogP contribution < -0.4 is 9.47 Å². The van der Waals surface area contributed by atoms with E-state index < -0.39 is 0 Å². The van der Waals surface area contributed by atoms with Gasteiger partial charge in [-0.2, -0.15) is 0 Å². The molecule has 0 aromatic heterocycles. The largest absolute Gasteiger partial charge is 0.497 e. The fourth-order valence-corrected chi connectivity index (χ4v) is 4.01. The highest BCUT2D eigenvalue weighted by Gasteiger charge is 1.99. The maximum Gasteiger partial charge on any atom is 0.119 e. The normalized spacial score (nSPS) is 10.6. The molecule has 162 valence electrons. The molecule has 3 heteroatoms. The molecule has 0 fully saturated rings. The summed E-state index contributed by atoms with van der Waals surface area (Å²) in [5.74, 6) is 1.83. The molecular formula is C28H31BrO2. The molecule has 0 atom stereocenters. The summed E-state index contributed by atoms with van der Waals surface area (Å²) in [7, 11) is 3.40. The van der Waals surface area contributed by atoms with Crippen LogP contribution in [-0.4, -0.2) is 14.2 Å². The van der Waals surface area contributed by atoms with Gasteiger partial charge in [-0.05, 0) is 76.3 Å². The van der Waals surface area contributed by atoms with Crippen LogP contribution in [0.3, 0.4) is 0 Å². The third-order valence-corrected chi connectivity index (χ3v) is 5.93. The smallest absolute Gasteiger partial charge is 0.119 e. The molecule has 0 saturated carbocycles. The topological polar surface area (TPSA) is 18.5 Å². The first-order valence-corrected chi connectivity index (χ1v) is 11.7. The number of benzene rings is 4. The van der Waals surface area contributed by atoms with Crippen molar-refractivity contribution in [1.29, 1.82) is 0 Å². The van der Waals surface area contributed by atoms with Gasteiger partial charge in [0, 0.05) is 4.47 Å². The molecule has 0 amide bonds. The predicted octanol–water partition coefficient (Wildman–Crippen LogP) is 8.58. The molecule has 4 aromatic rings. The Morgan fingerprint density at radius 2 is 1.19 bits per heavy atom. The highest BCUT2D eigenvalue weighted by Crippen LogP contribution is 2.24. The fourth-order valence-electron chi connectivity index (χ4n) is 3.64. The zero-order valence-electron chi connectivity index (χ0n) is 18.7. The Labute approximate surface area is 194 Å². The van der Waals surface area contributed by atoms with Crippen molar-refractivity contribution < 1.29 is 9.47 Å². The van der Waals surface area contributed by atoms with Crippen molar-refractivity contribution in [3.8, 4) is 11.5 Å². The quantitative estimate of drug-likeness (QED) is 0.247. The molecule has 2 nitrogen and oxygen atoms in total. The maximum atomic E-state index is 5.28. The number of methoxy groups -OCH3 is 2. The molecule has 0 aliphatic carbocycles. The average molecular weight is 479 g/mol. The van der Waals surface area contributed by atoms with E-state index in [2.05, 4.69) is 71.4 Å². The first-order valence-electron chi connectivity index (χ1n) is 10.9. The lowest BCUT2D eigenvalue weighted by Gasteiger charge is -2.06. The Bertz CT molecular complexity index is 1120. The van der Waals surface area contributed by atoms with Gasteiger partial charge in [0.2, 0.25) is 0 Å². The molecule has 0 saturated heterocycles. The van der Waals surface area contributed by atoms with Gasteiger partial charge >= 0.3 is 0 Å². The molecule has 0 spiro atoms. The SMILES string of the molecule is CCCCCCc1ccc2ccc(OC)cc2c1.COc1ccc2ccc(Br)cc2c1. The van der Waals surface area contributed by atoms with Crippen LogP contribution in [-0.2, 0) is 6.42 Å². The van der Waals surface area contributed by atoms with E-state index in [4.69, 9.17) is 9.47 Å². The van der Waals surface area contributed by atoms with Gasteiger partial charge in [0.15, 0.2) is 0 Å². The molecule has 0 heterocycles. The van der Waals surface area contributed by atoms with E-state index in [0.29, 0.717) is 0 Å². The number of unbranched alkanes of at least 4 members (excludes halogenated alkanes) is 3. The standard InChI is InChI=1S/C17H22O.C11H9BrO/c1-3-4-5-6-7-14-8-9-15-10-11-17(18-2)13-16(15)12-14;1-13-11-5-3-8-2-4-10(12)6-9(8)7-11/h8-13H,3-7H2,1-2H3;2-7H,1H3. The number of hydrogen-bond acceptors (Lipinski definition) is 2. The van der Waals surface area contributed by atoms with Crippen LogP contribution in [0.4, 0.5) is 0 Å². The van der Waals surface area contributed by atoms with Crippen molar-refractivity contribution in [3.05, 3.63) is 82.8 Å². The molecule has 0 aliphatic rings. The van der Waals surface area contributed by atoms with Crippen molar-refractivity contribution in [2.24, 2.45) is 0 Å². The molecule has 0 N–H and O–H groups in total. The zero-order valence-corrected chi connectivity index (χ0v) is 20.2. The third-order valence-electron chi connectivity index (χ3n) is 5.44. The second kappa shape index (κ2) is 11.8. The lowest BCUT2D eigenvalue weighted by molar-refractivity contribution is 0.415. The highest BCUT2D eigenvalue weighted by atomic mass is 79.9. The van der Waals surface area contributed by atoms with Gasteiger partial charge in [-0.3, -0.25) is 0 Å². The summed E-state index contributed by atoms with van der Waals surface area (Å²) in [5, 5.41) is 4.98. The fraction of sp³-hybridized carbons (Fsp3) is 0.286. The van der Waals surface area contributed by atoms with Crippen molar-refractivity contribution in [2.45, 2.75) is 39.0 Å². The van der Waals surface area contributed by atoms with E-state index in [1.807, 2.05) is 24.3 Å². The van der Waals surface area contributed by atoms with Gasteiger partial charge in [0.05, 0.1) is 14.2 Å². The van der Waals surface area contributed by atoms with E-state index >= 15 is 0 Å². The van der Waals surface area contributed by atoms with Crippen molar-refractivity contribution in [1.82, 2.24) is 0 Å². The van der Waals surface area contributed by atoms with Gasteiger partial charge in [0.25, 0.3) is 0 Å². The van der Waals surface area contributed by atoms with E-state index in [-0.39, 0.29) is 0 Å². The second-order valence-electron chi connectivity index (χ2n) is 7.72. The minimum absolute atomic E-state index is 0.894. The molecular weight excluding hydrogens is 448 g/mol. The summed E-state index contributed by atoms with van der Waals surface area (Å²) in [6.07, 6.45) is 6.47. The summed E-state index contributed by atoms with van der Waals surface area (Å²) in [6.45, 7) is 2.25. The first-order chi connectivity index (χ1) is 15.1. The Hall–Kier alpha value is -2.52. The first kappa shape index (κ1) is 23.1. The lowest BCUT2D eigenvalue weighted by atomic mass is 10.0. The number of fused-ring (bicyclic) bond motifs is 2. The maximum absolute atomic E-state index is 5.28. The average Bonchev–Trinajstić information content (AvgIpc) is 2.81. The molecule has 0 bridgehead atoms. The van der Waals surface area contributed by atoms with Gasteiger partial charge in [-0.25, -0.2) is 0 Å². The van der Waals surface area contributed by atoms with Crippen LogP contribution in [0.5, 0.6) is 11.5 Å². The number of halogens is 1. The monoisotopic (exact) mass is 478 g/mol. The Balaban J connectivity index is 0.000000185. The number of aryl methyl sites for hydroxylation is 1. The van der Waals surface area contributed by atoms with Crippen molar-refractivity contribution in [3.63, 3.8) is 0 Å².